The highest BCUT2D eigenvalue weighted by molar-refractivity contribution is 5.83. The molecule has 1 heterocycles. The lowest BCUT2D eigenvalue weighted by Crippen LogP contribution is -2.55. The molecular formula is C14H22O4. The Labute approximate surface area is 108 Å². The summed E-state index contributed by atoms with van der Waals surface area (Å²) in [5, 5.41) is 9.85. The van der Waals surface area contributed by atoms with Crippen molar-refractivity contribution in [2.24, 2.45) is 11.3 Å². The number of rotatable bonds is 0. The number of ketones is 1. The van der Waals surface area contributed by atoms with Gasteiger partial charge in [0.05, 0.1) is 19.3 Å². The minimum Gasteiger partial charge on any atom is -0.393 e. The number of hydrogen-bond acceptors (Lipinski definition) is 4. The van der Waals surface area contributed by atoms with Crippen LogP contribution < -0.4 is 0 Å². The van der Waals surface area contributed by atoms with E-state index in [9.17, 15) is 9.90 Å². The van der Waals surface area contributed by atoms with Crippen LogP contribution in [0, 0.1) is 11.3 Å². The molecule has 0 amide bonds. The van der Waals surface area contributed by atoms with Crippen LogP contribution in [0.1, 0.15) is 45.4 Å². The fourth-order valence-electron chi connectivity index (χ4n) is 4.16. The summed E-state index contributed by atoms with van der Waals surface area (Å²) in [7, 11) is 0. The number of aliphatic hydroxyl groups excluding tert-OH is 1. The maximum absolute atomic E-state index is 12.3. The van der Waals surface area contributed by atoms with Crippen LogP contribution in [-0.2, 0) is 14.3 Å². The molecule has 1 N–H and O–H groups in total. The van der Waals surface area contributed by atoms with Gasteiger partial charge in [-0.2, -0.15) is 0 Å². The van der Waals surface area contributed by atoms with Gasteiger partial charge in [-0.1, -0.05) is 6.92 Å². The number of carbonyl (C=O) groups excluding carboxylic acids is 1. The monoisotopic (exact) mass is 254 g/mol. The quantitative estimate of drug-likeness (QED) is 0.714. The molecule has 0 aromatic rings. The predicted molar refractivity (Wildman–Crippen MR) is 64.9 cm³/mol. The van der Waals surface area contributed by atoms with E-state index in [1.54, 1.807) is 0 Å². The van der Waals surface area contributed by atoms with Crippen molar-refractivity contribution in [2.45, 2.75) is 57.3 Å². The zero-order valence-electron chi connectivity index (χ0n) is 11.0. The maximum atomic E-state index is 12.3. The summed E-state index contributed by atoms with van der Waals surface area (Å²) < 4.78 is 11.9. The molecule has 2 saturated carbocycles. The lowest BCUT2D eigenvalue weighted by molar-refractivity contribution is -0.266. The number of ether oxygens (including phenoxy) is 2. The zero-order valence-corrected chi connectivity index (χ0v) is 11.0. The Morgan fingerprint density at radius 3 is 2.67 bits per heavy atom. The van der Waals surface area contributed by atoms with Crippen LogP contribution in [0.15, 0.2) is 0 Å². The molecule has 1 aliphatic heterocycles. The Bertz CT molecular complexity index is 348. The molecule has 3 fully saturated rings. The van der Waals surface area contributed by atoms with Crippen LogP contribution in [0.2, 0.25) is 0 Å². The van der Waals surface area contributed by atoms with Crippen LogP contribution in [0.5, 0.6) is 0 Å². The first-order valence-electron chi connectivity index (χ1n) is 7.06. The Morgan fingerprint density at radius 2 is 1.94 bits per heavy atom. The van der Waals surface area contributed by atoms with Gasteiger partial charge in [-0.05, 0) is 25.7 Å². The van der Waals surface area contributed by atoms with Crippen molar-refractivity contribution < 1.29 is 19.4 Å². The SMILES string of the molecule is C[C@]12CCC(O)CC(=O)[C@@H]1CCCC21OCCO1. The Hall–Kier alpha value is -0.450. The molecule has 2 aliphatic carbocycles. The predicted octanol–water partition coefficient (Wildman–Crippen LogP) is 1.65. The van der Waals surface area contributed by atoms with E-state index in [-0.39, 0.29) is 17.1 Å². The third kappa shape index (κ3) is 1.66. The molecule has 0 aromatic carbocycles. The van der Waals surface area contributed by atoms with E-state index in [0.29, 0.717) is 26.1 Å². The van der Waals surface area contributed by atoms with Crippen LogP contribution >= 0.6 is 0 Å². The lowest BCUT2D eigenvalue weighted by atomic mass is 9.60. The first-order chi connectivity index (χ1) is 8.57. The van der Waals surface area contributed by atoms with E-state index in [1.807, 2.05) is 0 Å². The highest BCUT2D eigenvalue weighted by atomic mass is 16.7. The average Bonchev–Trinajstić information content (AvgIpc) is 2.76. The van der Waals surface area contributed by atoms with Gasteiger partial charge in [-0.15, -0.1) is 0 Å². The highest BCUT2D eigenvalue weighted by Gasteiger charge is 2.60. The molecule has 0 aromatic heterocycles. The molecule has 0 radical (unpaired) electrons. The summed E-state index contributed by atoms with van der Waals surface area (Å²) in [6, 6.07) is 0. The second-order valence-corrected chi connectivity index (χ2v) is 6.18. The van der Waals surface area contributed by atoms with Gasteiger partial charge in [0.2, 0.25) is 0 Å². The topological polar surface area (TPSA) is 55.8 Å². The van der Waals surface area contributed by atoms with Crippen LogP contribution in [-0.4, -0.2) is 36.0 Å². The lowest BCUT2D eigenvalue weighted by Gasteiger charge is -2.51. The highest BCUT2D eigenvalue weighted by Crippen LogP contribution is 2.56. The molecule has 1 spiro atoms. The van der Waals surface area contributed by atoms with E-state index in [0.717, 1.165) is 25.7 Å². The maximum Gasteiger partial charge on any atom is 0.174 e. The molecule has 0 bridgehead atoms. The molecule has 18 heavy (non-hydrogen) atoms. The summed E-state index contributed by atoms with van der Waals surface area (Å²) in [6.45, 7) is 3.37. The van der Waals surface area contributed by atoms with E-state index in [2.05, 4.69) is 6.92 Å². The van der Waals surface area contributed by atoms with Gasteiger partial charge in [0.15, 0.2) is 5.79 Å². The average molecular weight is 254 g/mol. The third-order valence-electron chi connectivity index (χ3n) is 5.21. The Morgan fingerprint density at radius 1 is 1.22 bits per heavy atom. The van der Waals surface area contributed by atoms with Crippen LogP contribution in [0.4, 0.5) is 0 Å². The van der Waals surface area contributed by atoms with E-state index in [1.165, 1.54) is 0 Å². The molecule has 1 saturated heterocycles. The van der Waals surface area contributed by atoms with Gasteiger partial charge >= 0.3 is 0 Å². The first-order valence-corrected chi connectivity index (χ1v) is 7.06. The van der Waals surface area contributed by atoms with Crippen molar-refractivity contribution in [1.82, 2.24) is 0 Å². The second-order valence-electron chi connectivity index (χ2n) is 6.18. The van der Waals surface area contributed by atoms with Crippen LogP contribution in [0.3, 0.4) is 0 Å². The Kier molecular flexibility index (Phi) is 3.00. The summed E-state index contributed by atoms with van der Waals surface area (Å²) in [5.41, 5.74) is -0.268. The number of aliphatic hydroxyl groups is 1. The third-order valence-corrected chi connectivity index (χ3v) is 5.21. The normalized spacial score (nSPS) is 43.8. The minimum absolute atomic E-state index is 0.0125. The van der Waals surface area contributed by atoms with Crippen LogP contribution in [0.25, 0.3) is 0 Å². The number of hydrogen-bond donors (Lipinski definition) is 1. The molecule has 102 valence electrons. The summed E-state index contributed by atoms with van der Waals surface area (Å²) in [6.07, 6.45) is 4.06. The zero-order chi connectivity index (χ0) is 12.8. The molecule has 3 aliphatic rings. The smallest absolute Gasteiger partial charge is 0.174 e. The standard InChI is InChI=1S/C14H22O4/c1-13-6-4-10(15)9-12(16)11(13)3-2-5-14(13)17-7-8-18-14/h10-11,15H,2-9H2,1H3/t10?,11-,13-/m0/s1. The van der Waals surface area contributed by atoms with Crippen molar-refractivity contribution in [3.05, 3.63) is 0 Å². The summed E-state index contributed by atoms with van der Waals surface area (Å²) in [5.74, 6) is -0.391. The van der Waals surface area contributed by atoms with Gasteiger partial charge in [0, 0.05) is 24.2 Å². The largest absolute Gasteiger partial charge is 0.393 e. The van der Waals surface area contributed by atoms with Crippen molar-refractivity contribution in [3.8, 4) is 0 Å². The fourth-order valence-corrected chi connectivity index (χ4v) is 4.16. The molecule has 3 rings (SSSR count). The van der Waals surface area contributed by atoms with Gasteiger partial charge in [0.1, 0.15) is 5.78 Å². The molecule has 3 atom stereocenters. The molecular weight excluding hydrogens is 232 g/mol. The minimum atomic E-state index is -0.574. The van der Waals surface area contributed by atoms with Gasteiger partial charge in [-0.3, -0.25) is 4.79 Å². The van der Waals surface area contributed by atoms with E-state index >= 15 is 0 Å². The number of carbonyl (C=O) groups is 1. The van der Waals surface area contributed by atoms with Gasteiger partial charge in [0.25, 0.3) is 0 Å². The number of fused-ring (bicyclic) bond motifs is 2. The van der Waals surface area contributed by atoms with E-state index < -0.39 is 11.9 Å². The fraction of sp³-hybridized carbons (Fsp3) is 0.929. The second kappa shape index (κ2) is 4.29. The molecule has 1 unspecified atom stereocenters. The molecule has 4 nitrogen and oxygen atoms in total. The summed E-state index contributed by atoms with van der Waals surface area (Å²) >= 11 is 0. The molecule has 4 heteroatoms. The van der Waals surface area contributed by atoms with Gasteiger partial charge < -0.3 is 14.6 Å². The van der Waals surface area contributed by atoms with Crippen molar-refractivity contribution in [3.63, 3.8) is 0 Å². The van der Waals surface area contributed by atoms with Gasteiger partial charge in [-0.25, -0.2) is 0 Å². The van der Waals surface area contributed by atoms with E-state index in [4.69, 9.17) is 9.47 Å². The first kappa shape index (κ1) is 12.6. The van der Waals surface area contributed by atoms with Crippen molar-refractivity contribution in [2.75, 3.05) is 13.2 Å². The van der Waals surface area contributed by atoms with Crippen molar-refractivity contribution >= 4 is 5.78 Å². The van der Waals surface area contributed by atoms with Crippen molar-refractivity contribution in [1.29, 1.82) is 0 Å². The Balaban J connectivity index is 1.98. The summed E-state index contributed by atoms with van der Waals surface area (Å²) in [4.78, 5) is 12.3. The number of Topliss-reactive ketones (excluding diaryl/α,β-unsaturated/α-hetero) is 1.